The summed E-state index contributed by atoms with van der Waals surface area (Å²) in [6.07, 6.45) is 1.68. The maximum atomic E-state index is 13.0. The highest BCUT2D eigenvalue weighted by atomic mass is 35.5. The first-order valence-electron chi connectivity index (χ1n) is 9.28. The average Bonchev–Trinajstić information content (AvgIpc) is 2.87. The third kappa shape index (κ3) is 6.27. The van der Waals surface area contributed by atoms with Crippen molar-refractivity contribution in [1.29, 1.82) is 0 Å². The molecular formula is C18H30Cl2N4O4S. The SMILES string of the molecule is CN1CCCN(S(=O)(=O)c2cccc(NC(=O)C3(N)CCOCC3)c2)CC1.Cl.Cl. The van der Waals surface area contributed by atoms with Gasteiger partial charge in [0.15, 0.2) is 0 Å². The molecule has 0 aliphatic carbocycles. The normalized spacial score (nSPS) is 20.6. The van der Waals surface area contributed by atoms with Crippen LogP contribution in [0.4, 0.5) is 5.69 Å². The molecule has 0 atom stereocenters. The second kappa shape index (κ2) is 10.9. The maximum Gasteiger partial charge on any atom is 0.244 e. The van der Waals surface area contributed by atoms with Gasteiger partial charge in [-0.1, -0.05) is 6.07 Å². The van der Waals surface area contributed by atoms with E-state index in [4.69, 9.17) is 10.5 Å². The summed E-state index contributed by atoms with van der Waals surface area (Å²) in [5, 5.41) is 2.78. The van der Waals surface area contributed by atoms with Crippen LogP contribution in [0.2, 0.25) is 0 Å². The number of hydrogen-bond donors (Lipinski definition) is 2. The number of nitrogens with zero attached hydrogens (tertiary/aromatic N) is 2. The molecule has 0 radical (unpaired) electrons. The summed E-state index contributed by atoms with van der Waals surface area (Å²) in [5.74, 6) is -0.309. The number of ether oxygens (including phenoxy) is 1. The summed E-state index contributed by atoms with van der Waals surface area (Å²) in [4.78, 5) is 14.9. The van der Waals surface area contributed by atoms with E-state index in [9.17, 15) is 13.2 Å². The number of amides is 1. The molecule has 2 heterocycles. The van der Waals surface area contributed by atoms with Crippen molar-refractivity contribution in [2.75, 3.05) is 51.8 Å². The van der Waals surface area contributed by atoms with Crippen LogP contribution in [-0.4, -0.2) is 75.5 Å². The average molecular weight is 469 g/mol. The lowest BCUT2D eigenvalue weighted by Gasteiger charge is -2.31. The molecule has 3 N–H and O–H groups in total. The van der Waals surface area contributed by atoms with Crippen LogP contribution in [0.5, 0.6) is 0 Å². The molecule has 1 aromatic rings. The second-order valence-electron chi connectivity index (χ2n) is 7.31. The minimum atomic E-state index is -3.60. The molecule has 166 valence electrons. The summed E-state index contributed by atoms with van der Waals surface area (Å²) in [6.45, 7) is 3.43. The Hall–Kier alpha value is -0.940. The smallest absolute Gasteiger partial charge is 0.244 e. The fourth-order valence-electron chi connectivity index (χ4n) is 3.36. The van der Waals surface area contributed by atoms with Crippen LogP contribution in [0.25, 0.3) is 0 Å². The van der Waals surface area contributed by atoms with Crippen molar-refractivity contribution < 1.29 is 17.9 Å². The molecule has 0 aromatic heterocycles. The van der Waals surface area contributed by atoms with Crippen LogP contribution in [-0.2, 0) is 19.6 Å². The van der Waals surface area contributed by atoms with E-state index in [0.29, 0.717) is 51.4 Å². The number of nitrogens with one attached hydrogen (secondary N) is 1. The zero-order valence-corrected chi connectivity index (χ0v) is 19.0. The molecule has 0 bridgehead atoms. The Morgan fingerprint density at radius 2 is 1.83 bits per heavy atom. The van der Waals surface area contributed by atoms with E-state index in [-0.39, 0.29) is 35.6 Å². The van der Waals surface area contributed by atoms with Gasteiger partial charge in [-0.3, -0.25) is 4.79 Å². The van der Waals surface area contributed by atoms with Gasteiger partial charge in [0, 0.05) is 38.5 Å². The number of anilines is 1. The van der Waals surface area contributed by atoms with E-state index in [1.807, 2.05) is 7.05 Å². The summed E-state index contributed by atoms with van der Waals surface area (Å²) in [6, 6.07) is 6.38. The standard InChI is InChI=1S/C18H28N4O4S.2ClH/c1-21-8-3-9-22(11-10-21)27(24,25)16-5-2-4-15(14-16)20-17(23)18(19)6-12-26-13-7-18;;/h2,4-5,14H,3,6-13,19H2,1H3,(H,20,23);2*1H. The zero-order chi connectivity index (χ0) is 19.5. The van der Waals surface area contributed by atoms with Crippen LogP contribution in [0.1, 0.15) is 19.3 Å². The Morgan fingerprint density at radius 1 is 1.14 bits per heavy atom. The monoisotopic (exact) mass is 468 g/mol. The first-order chi connectivity index (χ1) is 12.8. The largest absolute Gasteiger partial charge is 0.381 e. The van der Waals surface area contributed by atoms with Crippen LogP contribution in [0.15, 0.2) is 29.2 Å². The number of sulfonamides is 1. The van der Waals surface area contributed by atoms with Crippen molar-refractivity contribution in [3.8, 4) is 0 Å². The number of likely N-dealkylation sites (N-methyl/N-ethyl adjacent to an activating group) is 1. The Bertz CT molecular complexity index is 788. The fraction of sp³-hybridized carbons (Fsp3) is 0.611. The molecule has 2 aliphatic rings. The lowest BCUT2D eigenvalue weighted by Crippen LogP contribution is -2.54. The van der Waals surface area contributed by atoms with Crippen LogP contribution in [0.3, 0.4) is 0 Å². The quantitative estimate of drug-likeness (QED) is 0.689. The number of rotatable bonds is 4. The van der Waals surface area contributed by atoms with Gasteiger partial charge in [-0.05, 0) is 51.1 Å². The molecule has 11 heteroatoms. The van der Waals surface area contributed by atoms with Crippen LogP contribution >= 0.6 is 24.8 Å². The van der Waals surface area contributed by atoms with Crippen molar-refractivity contribution in [1.82, 2.24) is 9.21 Å². The van der Waals surface area contributed by atoms with Gasteiger partial charge in [0.2, 0.25) is 15.9 Å². The molecule has 2 fully saturated rings. The second-order valence-corrected chi connectivity index (χ2v) is 9.25. The molecule has 2 aliphatic heterocycles. The number of hydrogen-bond acceptors (Lipinski definition) is 6. The summed E-state index contributed by atoms with van der Waals surface area (Å²) < 4.78 is 32.8. The molecule has 1 amide bonds. The van der Waals surface area contributed by atoms with Crippen molar-refractivity contribution in [3.05, 3.63) is 24.3 Å². The number of carbonyl (C=O) groups is 1. The maximum absolute atomic E-state index is 13.0. The Balaban J connectivity index is 0.00000210. The molecular weight excluding hydrogens is 439 g/mol. The highest BCUT2D eigenvalue weighted by Crippen LogP contribution is 2.23. The molecule has 0 spiro atoms. The molecule has 0 saturated carbocycles. The topological polar surface area (TPSA) is 105 Å². The Morgan fingerprint density at radius 3 is 2.52 bits per heavy atom. The highest BCUT2D eigenvalue weighted by molar-refractivity contribution is 7.89. The number of halogens is 2. The van der Waals surface area contributed by atoms with Gasteiger partial charge in [-0.2, -0.15) is 4.31 Å². The van der Waals surface area contributed by atoms with Crippen LogP contribution in [0, 0.1) is 0 Å². The van der Waals surface area contributed by atoms with Gasteiger partial charge in [0.1, 0.15) is 5.54 Å². The third-order valence-electron chi connectivity index (χ3n) is 5.25. The van der Waals surface area contributed by atoms with E-state index in [1.54, 1.807) is 18.2 Å². The highest BCUT2D eigenvalue weighted by Gasteiger charge is 2.36. The third-order valence-corrected chi connectivity index (χ3v) is 7.14. The number of benzene rings is 1. The van der Waals surface area contributed by atoms with Gasteiger partial charge in [0.05, 0.1) is 4.90 Å². The van der Waals surface area contributed by atoms with Crippen molar-refractivity contribution in [3.63, 3.8) is 0 Å². The molecule has 29 heavy (non-hydrogen) atoms. The van der Waals surface area contributed by atoms with E-state index >= 15 is 0 Å². The molecule has 2 saturated heterocycles. The summed E-state index contributed by atoms with van der Waals surface area (Å²) in [7, 11) is -1.61. The first-order valence-corrected chi connectivity index (χ1v) is 10.7. The summed E-state index contributed by atoms with van der Waals surface area (Å²) >= 11 is 0. The van der Waals surface area contributed by atoms with Gasteiger partial charge < -0.3 is 20.7 Å². The van der Waals surface area contributed by atoms with E-state index in [2.05, 4.69) is 10.2 Å². The van der Waals surface area contributed by atoms with E-state index < -0.39 is 15.6 Å². The van der Waals surface area contributed by atoms with Gasteiger partial charge in [0.25, 0.3) is 0 Å². The fourth-order valence-corrected chi connectivity index (χ4v) is 4.88. The van der Waals surface area contributed by atoms with Crippen LogP contribution < -0.4 is 11.1 Å². The zero-order valence-electron chi connectivity index (χ0n) is 16.5. The molecule has 0 unspecified atom stereocenters. The number of carbonyl (C=O) groups excluding carboxylic acids is 1. The van der Waals surface area contributed by atoms with Gasteiger partial charge in [-0.15, -0.1) is 24.8 Å². The first kappa shape index (κ1) is 26.1. The predicted octanol–water partition coefficient (Wildman–Crippen LogP) is 1.30. The van der Waals surface area contributed by atoms with E-state index in [1.165, 1.54) is 10.4 Å². The molecule has 3 rings (SSSR count). The van der Waals surface area contributed by atoms with Gasteiger partial charge in [-0.25, -0.2) is 8.42 Å². The lowest BCUT2D eigenvalue weighted by molar-refractivity contribution is -0.124. The molecule has 1 aromatic carbocycles. The Kier molecular flexibility index (Phi) is 9.81. The van der Waals surface area contributed by atoms with Crippen molar-refractivity contribution >= 4 is 46.4 Å². The minimum absolute atomic E-state index is 0. The Labute approximate surface area is 185 Å². The van der Waals surface area contributed by atoms with Crippen molar-refractivity contribution in [2.24, 2.45) is 5.73 Å². The minimum Gasteiger partial charge on any atom is -0.381 e. The molecule has 8 nitrogen and oxygen atoms in total. The number of nitrogens with two attached hydrogens (primary N) is 1. The van der Waals surface area contributed by atoms with Crippen molar-refractivity contribution in [2.45, 2.75) is 29.7 Å². The lowest BCUT2D eigenvalue weighted by atomic mass is 9.90. The predicted molar refractivity (Wildman–Crippen MR) is 117 cm³/mol. The summed E-state index contributed by atoms with van der Waals surface area (Å²) in [5.41, 5.74) is 5.65. The van der Waals surface area contributed by atoms with E-state index in [0.717, 1.165) is 13.0 Å². The van der Waals surface area contributed by atoms with Gasteiger partial charge >= 0.3 is 0 Å².